The van der Waals surface area contributed by atoms with E-state index in [4.69, 9.17) is 4.99 Å². The van der Waals surface area contributed by atoms with Gasteiger partial charge in [-0.05, 0) is 50.2 Å². The van der Waals surface area contributed by atoms with Gasteiger partial charge in [0.25, 0.3) is 5.91 Å². The van der Waals surface area contributed by atoms with Crippen LogP contribution >= 0.6 is 0 Å². The summed E-state index contributed by atoms with van der Waals surface area (Å²) in [5.74, 6) is 0.806. The number of nitrogens with one attached hydrogen (secondary N) is 1. The van der Waals surface area contributed by atoms with E-state index in [0.29, 0.717) is 24.3 Å². The van der Waals surface area contributed by atoms with Crippen molar-refractivity contribution in [2.75, 3.05) is 18.8 Å². The zero-order valence-electron chi connectivity index (χ0n) is 18.5. The molecule has 10 heteroatoms. The van der Waals surface area contributed by atoms with E-state index < -0.39 is 27.3 Å². The second-order valence-electron chi connectivity index (χ2n) is 9.33. The van der Waals surface area contributed by atoms with Gasteiger partial charge in [-0.1, -0.05) is 37.5 Å². The van der Waals surface area contributed by atoms with Crippen LogP contribution in [0.5, 0.6) is 0 Å². The number of aliphatic imine (C=N–C) groups is 1. The number of sulfonamides is 1. The van der Waals surface area contributed by atoms with E-state index in [0.717, 1.165) is 43.7 Å². The fourth-order valence-corrected chi connectivity index (χ4v) is 6.58. The maximum Gasteiger partial charge on any atom is 0.416 e. The molecule has 1 aromatic rings. The largest absolute Gasteiger partial charge is 0.416 e. The number of benzene rings is 1. The monoisotopic (exact) mass is 485 g/mol. The molecule has 0 radical (unpaired) electrons. The first-order valence-electron chi connectivity index (χ1n) is 11.6. The molecule has 33 heavy (non-hydrogen) atoms. The van der Waals surface area contributed by atoms with Gasteiger partial charge in [0.2, 0.25) is 10.0 Å². The van der Waals surface area contributed by atoms with Gasteiger partial charge < -0.3 is 5.32 Å². The zero-order chi connectivity index (χ0) is 23.7. The number of nitrogens with zero attached hydrogens (tertiary/aromatic N) is 2. The number of hydrogen-bond acceptors (Lipinski definition) is 4. The van der Waals surface area contributed by atoms with Crippen molar-refractivity contribution in [1.29, 1.82) is 0 Å². The SMILES string of the molecule is O=C1NC(C2CCCCC2)=NC12CCN(S(=O)(=O)CCCc1cccc(C(F)(F)F)c1)CC2. The third kappa shape index (κ3) is 5.42. The van der Waals surface area contributed by atoms with Gasteiger partial charge in [-0.25, -0.2) is 12.7 Å². The number of alkyl halides is 3. The Morgan fingerprint density at radius 1 is 1.12 bits per heavy atom. The summed E-state index contributed by atoms with van der Waals surface area (Å²) in [6.07, 6.45) is 2.31. The van der Waals surface area contributed by atoms with E-state index in [1.165, 1.54) is 16.8 Å². The summed E-state index contributed by atoms with van der Waals surface area (Å²) in [5.41, 5.74) is -1.13. The lowest BCUT2D eigenvalue weighted by atomic mass is 9.88. The minimum Gasteiger partial charge on any atom is -0.312 e. The molecular formula is C23H30F3N3O3S. The van der Waals surface area contributed by atoms with Crippen molar-refractivity contribution in [2.24, 2.45) is 10.9 Å². The minimum absolute atomic E-state index is 0.121. The summed E-state index contributed by atoms with van der Waals surface area (Å²) in [5, 5.41) is 2.97. The number of amides is 1. The van der Waals surface area contributed by atoms with Crippen molar-refractivity contribution in [3.05, 3.63) is 35.4 Å². The molecule has 1 saturated heterocycles. The van der Waals surface area contributed by atoms with Crippen molar-refractivity contribution < 1.29 is 26.4 Å². The van der Waals surface area contributed by atoms with Crippen LogP contribution in [-0.4, -0.2) is 48.8 Å². The van der Waals surface area contributed by atoms with Gasteiger partial charge in [-0.2, -0.15) is 13.2 Å². The molecule has 0 bridgehead atoms. The van der Waals surface area contributed by atoms with Gasteiger partial charge in [-0.15, -0.1) is 0 Å². The molecule has 0 unspecified atom stereocenters. The van der Waals surface area contributed by atoms with E-state index in [1.54, 1.807) is 6.07 Å². The fraction of sp³-hybridized carbons (Fsp3) is 0.652. The van der Waals surface area contributed by atoms with Crippen molar-refractivity contribution in [1.82, 2.24) is 9.62 Å². The number of rotatable bonds is 6. The topological polar surface area (TPSA) is 78.8 Å². The third-order valence-corrected chi connectivity index (χ3v) is 9.01. The number of carbonyl (C=O) groups is 1. The predicted molar refractivity (Wildman–Crippen MR) is 119 cm³/mol. The van der Waals surface area contributed by atoms with Crippen molar-refractivity contribution >= 4 is 21.8 Å². The van der Waals surface area contributed by atoms with E-state index in [-0.39, 0.29) is 37.6 Å². The van der Waals surface area contributed by atoms with Crippen LogP contribution in [0.2, 0.25) is 0 Å². The predicted octanol–water partition coefficient (Wildman–Crippen LogP) is 3.91. The summed E-state index contributed by atoms with van der Waals surface area (Å²) in [4.78, 5) is 17.5. The Hall–Kier alpha value is -1.94. The highest BCUT2D eigenvalue weighted by Gasteiger charge is 2.48. The lowest BCUT2D eigenvalue weighted by Crippen LogP contribution is -2.50. The van der Waals surface area contributed by atoms with E-state index in [2.05, 4.69) is 5.32 Å². The van der Waals surface area contributed by atoms with Gasteiger partial charge in [0, 0.05) is 19.0 Å². The Morgan fingerprint density at radius 2 is 1.82 bits per heavy atom. The quantitative estimate of drug-likeness (QED) is 0.664. The normalized spacial score (nSPS) is 22.4. The molecule has 0 atom stereocenters. The summed E-state index contributed by atoms with van der Waals surface area (Å²) >= 11 is 0. The number of piperidine rings is 1. The van der Waals surface area contributed by atoms with E-state index in [9.17, 15) is 26.4 Å². The highest BCUT2D eigenvalue weighted by atomic mass is 32.2. The van der Waals surface area contributed by atoms with Gasteiger partial charge in [0.15, 0.2) is 0 Å². The molecule has 2 aliphatic heterocycles. The van der Waals surface area contributed by atoms with Crippen molar-refractivity contribution in [3.63, 3.8) is 0 Å². The number of carbonyl (C=O) groups excluding carboxylic acids is 1. The highest BCUT2D eigenvalue weighted by molar-refractivity contribution is 7.89. The summed E-state index contributed by atoms with van der Waals surface area (Å²) < 4.78 is 65.6. The molecule has 0 aromatic heterocycles. The molecule has 1 aromatic carbocycles. The zero-order valence-corrected chi connectivity index (χ0v) is 19.3. The average molecular weight is 486 g/mol. The molecule has 1 N–H and O–H groups in total. The standard InChI is InChI=1S/C23H30F3N3O3S/c24-23(25,26)19-10-4-6-17(16-19)7-5-15-33(31,32)29-13-11-22(12-14-29)21(30)27-20(28-22)18-8-2-1-3-9-18/h4,6,10,16,18H,1-3,5,7-9,11-15H2,(H,27,28,30). The van der Waals surface area contributed by atoms with E-state index in [1.807, 2.05) is 0 Å². The Balaban J connectivity index is 1.32. The highest BCUT2D eigenvalue weighted by Crippen LogP contribution is 2.35. The van der Waals surface area contributed by atoms with Crippen LogP contribution in [0.1, 0.15) is 62.5 Å². The molecule has 6 nitrogen and oxygen atoms in total. The molecule has 4 rings (SSSR count). The first-order valence-corrected chi connectivity index (χ1v) is 13.3. The fourth-order valence-electron chi connectivity index (χ4n) is 5.08. The van der Waals surface area contributed by atoms with Crippen LogP contribution in [0, 0.1) is 5.92 Å². The molecule has 2 fully saturated rings. The number of halogens is 3. The molecule has 1 saturated carbocycles. The van der Waals surface area contributed by atoms with Crippen LogP contribution in [-0.2, 0) is 27.4 Å². The summed E-state index contributed by atoms with van der Waals surface area (Å²) in [7, 11) is -3.56. The summed E-state index contributed by atoms with van der Waals surface area (Å²) in [6.45, 7) is 0.446. The Labute approximate surface area is 192 Å². The molecule has 1 amide bonds. The van der Waals surface area contributed by atoms with Crippen molar-refractivity contribution in [2.45, 2.75) is 69.5 Å². The van der Waals surface area contributed by atoms with Crippen LogP contribution in [0.3, 0.4) is 0 Å². The molecule has 1 spiro atoms. The lowest BCUT2D eigenvalue weighted by Gasteiger charge is -2.34. The first kappa shape index (κ1) is 24.2. The molecule has 182 valence electrons. The van der Waals surface area contributed by atoms with Crippen LogP contribution < -0.4 is 5.32 Å². The summed E-state index contributed by atoms with van der Waals surface area (Å²) in [6, 6.07) is 4.99. The second-order valence-corrected chi connectivity index (χ2v) is 11.4. The van der Waals surface area contributed by atoms with Crippen LogP contribution in [0.4, 0.5) is 13.2 Å². The number of hydrogen-bond donors (Lipinski definition) is 1. The maximum absolute atomic E-state index is 12.9. The van der Waals surface area contributed by atoms with Gasteiger partial charge in [0.05, 0.1) is 11.3 Å². The second kappa shape index (κ2) is 9.37. The Morgan fingerprint density at radius 3 is 2.48 bits per heavy atom. The molecule has 2 heterocycles. The number of amidine groups is 1. The molecular weight excluding hydrogens is 455 g/mol. The molecule has 3 aliphatic rings. The lowest BCUT2D eigenvalue weighted by molar-refractivity contribution is -0.137. The minimum atomic E-state index is -4.42. The first-order chi connectivity index (χ1) is 15.6. The van der Waals surface area contributed by atoms with Gasteiger partial charge in [0.1, 0.15) is 11.4 Å². The average Bonchev–Trinajstić information content (AvgIpc) is 3.10. The molecule has 1 aliphatic carbocycles. The van der Waals surface area contributed by atoms with Gasteiger partial charge in [-0.3, -0.25) is 9.79 Å². The number of aryl methyl sites for hydroxylation is 1. The Bertz CT molecular complexity index is 1010. The van der Waals surface area contributed by atoms with Crippen LogP contribution in [0.15, 0.2) is 29.3 Å². The van der Waals surface area contributed by atoms with Crippen molar-refractivity contribution in [3.8, 4) is 0 Å². The van der Waals surface area contributed by atoms with Gasteiger partial charge >= 0.3 is 6.18 Å². The Kier molecular flexibility index (Phi) is 6.87. The van der Waals surface area contributed by atoms with E-state index >= 15 is 0 Å². The maximum atomic E-state index is 12.9. The third-order valence-electron chi connectivity index (χ3n) is 7.06. The smallest absolute Gasteiger partial charge is 0.312 e. The van der Waals surface area contributed by atoms with Crippen LogP contribution in [0.25, 0.3) is 0 Å².